The Morgan fingerprint density at radius 2 is 2.21 bits per heavy atom. The number of hydrogen-bond donors (Lipinski definition) is 5. The predicted octanol–water partition coefficient (Wildman–Crippen LogP) is -2.12. The van der Waals surface area contributed by atoms with Crippen LogP contribution in [0.15, 0.2) is 18.2 Å². The number of benzene rings is 1. The number of amides is 1. The molecule has 0 spiro atoms. The fourth-order valence-electron chi connectivity index (χ4n) is 2.97. The summed E-state index contributed by atoms with van der Waals surface area (Å²) in [6, 6.07) is 4.64. The molecule has 1 aromatic carbocycles. The van der Waals surface area contributed by atoms with Crippen molar-refractivity contribution in [1.29, 1.82) is 0 Å². The number of aromatic carboxylic acids is 1. The first-order valence-corrected chi connectivity index (χ1v) is 8.75. The van der Waals surface area contributed by atoms with E-state index in [2.05, 4.69) is 27.5 Å². The van der Waals surface area contributed by atoms with Crippen LogP contribution in [0.5, 0.6) is 5.75 Å². The van der Waals surface area contributed by atoms with E-state index in [9.17, 15) is 19.7 Å². The van der Waals surface area contributed by atoms with Gasteiger partial charge in [0.2, 0.25) is 5.91 Å². The Labute approximate surface area is 166 Å². The van der Waals surface area contributed by atoms with Gasteiger partial charge in [-0.2, -0.15) is 0 Å². The Morgan fingerprint density at radius 3 is 2.90 bits per heavy atom. The first-order valence-electron chi connectivity index (χ1n) is 8.75. The topological polar surface area (TPSA) is 179 Å². The van der Waals surface area contributed by atoms with Gasteiger partial charge in [-0.25, -0.2) is 9.48 Å². The van der Waals surface area contributed by atoms with Crippen LogP contribution >= 0.6 is 0 Å². The van der Waals surface area contributed by atoms with Crippen LogP contribution in [0.1, 0.15) is 27.3 Å². The van der Waals surface area contributed by atoms with Crippen molar-refractivity contribution in [1.82, 2.24) is 20.3 Å². The minimum Gasteiger partial charge on any atom is -0.534 e. The summed E-state index contributed by atoms with van der Waals surface area (Å²) >= 11 is 0. The molecule has 2 aromatic rings. The average Bonchev–Trinajstić information content (AvgIpc) is 3.07. The van der Waals surface area contributed by atoms with Crippen LogP contribution in [-0.2, 0) is 24.3 Å². The number of nitrogens with two attached hydrogens (primary N) is 2. The van der Waals surface area contributed by atoms with Gasteiger partial charge in [-0.05, 0) is 24.0 Å². The van der Waals surface area contributed by atoms with Crippen LogP contribution in [0.2, 0.25) is 0 Å². The van der Waals surface area contributed by atoms with Gasteiger partial charge in [-0.1, -0.05) is 23.3 Å². The van der Waals surface area contributed by atoms with Crippen LogP contribution in [0.4, 0.5) is 0 Å². The number of carbonyl (C=O) groups is 2. The molecule has 1 unspecified atom stereocenters. The van der Waals surface area contributed by atoms with Crippen molar-refractivity contribution >= 4 is 19.0 Å². The highest BCUT2D eigenvalue weighted by atomic mass is 16.5. The predicted molar refractivity (Wildman–Crippen MR) is 101 cm³/mol. The zero-order valence-electron chi connectivity index (χ0n) is 15.3. The number of carbonyl (C=O) groups excluding carboxylic acids is 1. The molecule has 1 atom stereocenters. The molecule has 12 heteroatoms. The first-order chi connectivity index (χ1) is 13.9. The van der Waals surface area contributed by atoms with Crippen molar-refractivity contribution < 1.29 is 24.4 Å². The number of rotatable bonds is 5. The smallest absolute Gasteiger partial charge is 0.534 e. The van der Waals surface area contributed by atoms with Gasteiger partial charge in [0.05, 0.1) is 18.0 Å². The number of fused-ring (bicyclic) bond motifs is 1. The number of hydrogen-bond acceptors (Lipinski definition) is 8. The fourth-order valence-corrected chi connectivity index (χ4v) is 2.97. The van der Waals surface area contributed by atoms with Gasteiger partial charge in [0.25, 0.3) is 0 Å². The number of para-hydroxylation sites is 1. The van der Waals surface area contributed by atoms with Gasteiger partial charge in [0.1, 0.15) is 23.7 Å². The van der Waals surface area contributed by atoms with E-state index in [0.717, 1.165) is 0 Å². The van der Waals surface area contributed by atoms with Crippen molar-refractivity contribution in [3.63, 3.8) is 0 Å². The molecule has 1 aliphatic heterocycles. The van der Waals surface area contributed by atoms with Gasteiger partial charge in [0, 0.05) is 6.54 Å². The van der Waals surface area contributed by atoms with Gasteiger partial charge >= 0.3 is 13.1 Å². The summed E-state index contributed by atoms with van der Waals surface area (Å²) in [4.78, 5) is 23.8. The summed E-state index contributed by atoms with van der Waals surface area (Å²) in [5.74, 6) is 3.18. The van der Waals surface area contributed by atoms with E-state index in [1.165, 1.54) is 10.7 Å². The Morgan fingerprint density at radius 1 is 1.41 bits per heavy atom. The summed E-state index contributed by atoms with van der Waals surface area (Å²) in [6.45, 7) is 0.0334. The van der Waals surface area contributed by atoms with E-state index in [1.54, 1.807) is 12.1 Å². The molecule has 0 saturated heterocycles. The molecule has 29 heavy (non-hydrogen) atoms. The number of nitrogens with zero attached hydrogens (tertiary/aromatic N) is 3. The highest BCUT2D eigenvalue weighted by Crippen LogP contribution is 2.30. The SMILES string of the molecule is NCC#Cc1c(CN)nnn1CC(=O)NC1Cc2cccc(C(=O)O)c2OB1O. The maximum atomic E-state index is 12.5. The van der Waals surface area contributed by atoms with Gasteiger partial charge in [-0.3, -0.25) is 4.79 Å². The van der Waals surface area contributed by atoms with Gasteiger partial charge in [-0.15, -0.1) is 5.10 Å². The normalized spacial score (nSPS) is 15.0. The molecule has 0 bridgehead atoms. The molecule has 0 saturated carbocycles. The van der Waals surface area contributed by atoms with E-state index < -0.39 is 24.9 Å². The summed E-state index contributed by atoms with van der Waals surface area (Å²) in [5.41, 5.74) is 12.3. The number of aromatic nitrogens is 3. The Hall–Kier alpha value is -3.40. The summed E-state index contributed by atoms with van der Waals surface area (Å²) in [5, 5.41) is 29.9. The van der Waals surface area contributed by atoms with E-state index in [0.29, 0.717) is 17.0 Å². The largest absolute Gasteiger partial charge is 0.547 e. The zero-order valence-corrected chi connectivity index (χ0v) is 15.3. The van der Waals surface area contributed by atoms with Gasteiger partial charge in [0.15, 0.2) is 0 Å². The van der Waals surface area contributed by atoms with Crippen LogP contribution < -0.4 is 21.4 Å². The van der Waals surface area contributed by atoms with Crippen molar-refractivity contribution in [2.45, 2.75) is 25.5 Å². The third-order valence-electron chi connectivity index (χ3n) is 4.30. The van der Waals surface area contributed by atoms with Crippen molar-refractivity contribution in [2.75, 3.05) is 6.54 Å². The molecule has 7 N–H and O–H groups in total. The minimum absolute atomic E-state index is 0.0497. The number of carboxylic acid groups (broad SMARTS) is 1. The van der Waals surface area contributed by atoms with E-state index in [4.69, 9.17) is 16.1 Å². The molecule has 0 radical (unpaired) electrons. The van der Waals surface area contributed by atoms with Crippen molar-refractivity contribution in [2.24, 2.45) is 11.5 Å². The summed E-state index contributed by atoms with van der Waals surface area (Å²) < 4.78 is 6.66. The maximum Gasteiger partial charge on any atom is 0.547 e. The number of nitrogens with one attached hydrogen (secondary N) is 1. The van der Waals surface area contributed by atoms with Crippen LogP contribution in [0.25, 0.3) is 0 Å². The van der Waals surface area contributed by atoms with Crippen LogP contribution in [-0.4, -0.2) is 56.6 Å². The standard InChI is InChI=1S/C17H19BN6O5/c19-6-2-5-13-12(8-20)22-23-24(13)9-15(25)21-14-7-10-3-1-4-11(17(26)27)16(10)29-18(14)28/h1,3-4,14,28H,6-9,19-20H2,(H,21,25)(H,26,27). The molecule has 150 valence electrons. The van der Waals surface area contributed by atoms with Gasteiger partial charge < -0.3 is 31.6 Å². The summed E-state index contributed by atoms with van der Waals surface area (Å²) in [6.07, 6.45) is 0.203. The molecule has 1 amide bonds. The highest BCUT2D eigenvalue weighted by Gasteiger charge is 2.37. The van der Waals surface area contributed by atoms with Crippen molar-refractivity contribution in [3.8, 4) is 17.6 Å². The maximum absolute atomic E-state index is 12.5. The molecule has 0 aliphatic carbocycles. The second-order valence-electron chi connectivity index (χ2n) is 6.24. The average molecular weight is 398 g/mol. The molecule has 3 rings (SSSR count). The van der Waals surface area contributed by atoms with Crippen molar-refractivity contribution in [3.05, 3.63) is 40.7 Å². The molecule has 1 aromatic heterocycles. The lowest BCUT2D eigenvalue weighted by Crippen LogP contribution is -2.53. The molecular formula is C17H19BN6O5. The fraction of sp³-hybridized carbons (Fsp3) is 0.294. The Kier molecular flexibility index (Phi) is 6.13. The lowest BCUT2D eigenvalue weighted by atomic mass is 9.72. The lowest BCUT2D eigenvalue weighted by molar-refractivity contribution is -0.122. The Bertz CT molecular complexity index is 998. The molecular weight excluding hydrogens is 379 g/mol. The quantitative estimate of drug-likeness (QED) is 0.278. The van der Waals surface area contributed by atoms with E-state index in [-0.39, 0.29) is 37.4 Å². The third kappa shape index (κ3) is 4.38. The monoisotopic (exact) mass is 398 g/mol. The molecule has 0 fully saturated rings. The molecule has 11 nitrogen and oxygen atoms in total. The molecule has 2 heterocycles. The first kappa shape index (κ1) is 20.3. The molecule has 1 aliphatic rings. The highest BCUT2D eigenvalue weighted by molar-refractivity contribution is 6.47. The lowest BCUT2D eigenvalue weighted by Gasteiger charge is -2.28. The van der Waals surface area contributed by atoms with E-state index in [1.807, 2.05) is 0 Å². The number of carboxylic acids is 1. The van der Waals surface area contributed by atoms with Crippen LogP contribution in [0.3, 0.4) is 0 Å². The van der Waals surface area contributed by atoms with E-state index >= 15 is 0 Å². The zero-order chi connectivity index (χ0) is 21.0. The Balaban J connectivity index is 1.73. The van der Waals surface area contributed by atoms with Crippen LogP contribution in [0, 0.1) is 11.8 Å². The second kappa shape index (κ2) is 8.74. The minimum atomic E-state index is -1.40. The third-order valence-corrected chi connectivity index (χ3v) is 4.30. The second-order valence-corrected chi connectivity index (χ2v) is 6.24. The summed E-state index contributed by atoms with van der Waals surface area (Å²) in [7, 11) is -1.40.